The van der Waals surface area contributed by atoms with Crippen LogP contribution in [0.2, 0.25) is 0 Å². The zero-order valence-corrected chi connectivity index (χ0v) is 20.2. The predicted molar refractivity (Wildman–Crippen MR) is 128 cm³/mol. The normalized spacial score (nSPS) is 13.9. The highest BCUT2D eigenvalue weighted by molar-refractivity contribution is 7.99. The number of thiophene rings is 1. The van der Waals surface area contributed by atoms with E-state index in [-0.39, 0.29) is 24.2 Å². The number of carbonyl (C=O) groups excluding carboxylic acids is 2. The highest BCUT2D eigenvalue weighted by atomic mass is 32.2. The van der Waals surface area contributed by atoms with Crippen molar-refractivity contribution in [3.63, 3.8) is 0 Å². The largest absolute Gasteiger partial charge is 0.485 e. The summed E-state index contributed by atoms with van der Waals surface area (Å²) in [7, 11) is 0. The summed E-state index contributed by atoms with van der Waals surface area (Å²) in [6.07, 6.45) is 0. The van der Waals surface area contributed by atoms with Gasteiger partial charge in [-0.2, -0.15) is 0 Å². The topological polar surface area (TPSA) is 107 Å². The van der Waals surface area contributed by atoms with Gasteiger partial charge in [0.1, 0.15) is 12.4 Å². The molecule has 0 atom stereocenters. The van der Waals surface area contributed by atoms with Gasteiger partial charge in [-0.3, -0.25) is 9.59 Å². The standard InChI is InChI=1S/C22H26N6O3S2/c1-15-5-3-6-16(2)20(15)31-13-18-24-25-22(28(18)23)33-14-19(29)26-8-10-27(11-9-26)21(30)17-7-4-12-32-17/h3-7,12H,8-11,13-14,23H2,1-2H3. The summed E-state index contributed by atoms with van der Waals surface area (Å²) in [5.41, 5.74) is 2.07. The molecule has 3 heterocycles. The first-order chi connectivity index (χ1) is 15.9. The fraction of sp³-hybridized carbons (Fsp3) is 0.364. The van der Waals surface area contributed by atoms with Gasteiger partial charge in [-0.1, -0.05) is 36.0 Å². The lowest BCUT2D eigenvalue weighted by Crippen LogP contribution is -2.51. The van der Waals surface area contributed by atoms with Gasteiger partial charge in [0.05, 0.1) is 10.6 Å². The molecule has 33 heavy (non-hydrogen) atoms. The van der Waals surface area contributed by atoms with E-state index in [0.717, 1.165) is 21.8 Å². The molecule has 3 aromatic rings. The Morgan fingerprint density at radius 1 is 1.06 bits per heavy atom. The van der Waals surface area contributed by atoms with Crippen LogP contribution in [0.25, 0.3) is 0 Å². The Morgan fingerprint density at radius 2 is 1.76 bits per heavy atom. The Labute approximate surface area is 200 Å². The number of hydrogen-bond donors (Lipinski definition) is 1. The molecule has 9 nitrogen and oxygen atoms in total. The van der Waals surface area contributed by atoms with Crippen molar-refractivity contribution >= 4 is 34.9 Å². The van der Waals surface area contributed by atoms with Crippen molar-refractivity contribution in [1.82, 2.24) is 24.7 Å². The molecule has 1 aliphatic heterocycles. The van der Waals surface area contributed by atoms with Crippen LogP contribution in [0.1, 0.15) is 26.6 Å². The molecule has 1 saturated heterocycles. The van der Waals surface area contributed by atoms with Gasteiger partial charge in [0.15, 0.2) is 5.82 Å². The average molecular weight is 487 g/mol. The molecule has 1 aliphatic rings. The van der Waals surface area contributed by atoms with Crippen LogP contribution in [0.4, 0.5) is 0 Å². The molecule has 174 valence electrons. The van der Waals surface area contributed by atoms with E-state index in [2.05, 4.69) is 10.2 Å². The van der Waals surface area contributed by atoms with E-state index in [1.807, 2.05) is 49.6 Å². The van der Waals surface area contributed by atoms with Gasteiger partial charge in [0, 0.05) is 26.2 Å². The molecule has 0 bridgehead atoms. The number of hydrogen-bond acceptors (Lipinski definition) is 8. The maximum absolute atomic E-state index is 12.7. The Kier molecular flexibility index (Phi) is 7.19. The molecule has 0 saturated carbocycles. The van der Waals surface area contributed by atoms with Gasteiger partial charge in [-0.25, -0.2) is 4.68 Å². The molecule has 1 aromatic carbocycles. The molecule has 2 aromatic heterocycles. The number of para-hydroxylation sites is 1. The summed E-state index contributed by atoms with van der Waals surface area (Å²) < 4.78 is 7.27. The fourth-order valence-corrected chi connectivity index (χ4v) is 5.07. The third kappa shape index (κ3) is 5.31. The van der Waals surface area contributed by atoms with Crippen LogP contribution in [0.3, 0.4) is 0 Å². The van der Waals surface area contributed by atoms with E-state index in [0.29, 0.717) is 37.2 Å². The quantitative estimate of drug-likeness (QED) is 0.403. The number of nitrogen functional groups attached to an aromatic ring is 1. The molecule has 1 fully saturated rings. The van der Waals surface area contributed by atoms with Crippen molar-refractivity contribution in [1.29, 1.82) is 0 Å². The van der Waals surface area contributed by atoms with E-state index >= 15 is 0 Å². The first kappa shape index (κ1) is 23.1. The summed E-state index contributed by atoms with van der Waals surface area (Å²) >= 11 is 2.67. The summed E-state index contributed by atoms with van der Waals surface area (Å²) in [6, 6.07) is 9.65. The number of ether oxygens (including phenoxy) is 1. The summed E-state index contributed by atoms with van der Waals surface area (Å²) in [4.78, 5) is 29.4. The molecular formula is C22H26N6O3S2. The third-order valence-electron chi connectivity index (χ3n) is 5.47. The van der Waals surface area contributed by atoms with E-state index < -0.39 is 0 Å². The minimum absolute atomic E-state index is 0.0143. The van der Waals surface area contributed by atoms with Crippen molar-refractivity contribution in [2.45, 2.75) is 25.6 Å². The minimum atomic E-state index is -0.0143. The first-order valence-electron chi connectivity index (χ1n) is 10.6. The summed E-state index contributed by atoms with van der Waals surface area (Å²) in [5.74, 6) is 7.63. The molecule has 2 N–H and O–H groups in total. The van der Waals surface area contributed by atoms with E-state index in [1.54, 1.807) is 9.80 Å². The number of nitrogens with two attached hydrogens (primary N) is 1. The second-order valence-electron chi connectivity index (χ2n) is 7.72. The van der Waals surface area contributed by atoms with Crippen LogP contribution >= 0.6 is 23.1 Å². The fourth-order valence-electron chi connectivity index (χ4n) is 3.60. The van der Waals surface area contributed by atoms with Crippen LogP contribution in [0.15, 0.2) is 40.9 Å². The lowest BCUT2D eigenvalue weighted by molar-refractivity contribution is -0.129. The second-order valence-corrected chi connectivity index (χ2v) is 9.61. The highest BCUT2D eigenvalue weighted by Crippen LogP contribution is 2.24. The number of nitrogens with zero attached hydrogens (tertiary/aromatic N) is 5. The van der Waals surface area contributed by atoms with Crippen molar-refractivity contribution in [2.75, 3.05) is 37.8 Å². The average Bonchev–Trinajstić information content (AvgIpc) is 3.47. The Balaban J connectivity index is 1.26. The van der Waals surface area contributed by atoms with Gasteiger partial charge in [-0.15, -0.1) is 21.5 Å². The second kappa shape index (κ2) is 10.3. The number of rotatable bonds is 7. The van der Waals surface area contributed by atoms with Gasteiger partial charge in [0.25, 0.3) is 5.91 Å². The van der Waals surface area contributed by atoms with Crippen molar-refractivity contribution in [3.05, 3.63) is 57.5 Å². The predicted octanol–water partition coefficient (Wildman–Crippen LogP) is 2.33. The summed E-state index contributed by atoms with van der Waals surface area (Å²) in [5, 5.41) is 10.6. The van der Waals surface area contributed by atoms with Crippen LogP contribution in [0.5, 0.6) is 5.75 Å². The lowest BCUT2D eigenvalue weighted by Gasteiger charge is -2.34. The van der Waals surface area contributed by atoms with Crippen LogP contribution in [-0.4, -0.2) is 68.4 Å². The maximum atomic E-state index is 12.7. The molecule has 11 heteroatoms. The zero-order chi connectivity index (χ0) is 23.4. The third-order valence-corrected chi connectivity index (χ3v) is 7.25. The first-order valence-corrected chi connectivity index (χ1v) is 12.4. The number of thioether (sulfide) groups is 1. The van der Waals surface area contributed by atoms with Crippen molar-refractivity contribution in [2.24, 2.45) is 0 Å². The molecule has 0 spiro atoms. The number of aromatic nitrogens is 3. The monoisotopic (exact) mass is 486 g/mol. The molecule has 0 radical (unpaired) electrons. The Bertz CT molecular complexity index is 1100. The Hall–Kier alpha value is -3.05. The maximum Gasteiger partial charge on any atom is 0.264 e. The van der Waals surface area contributed by atoms with Crippen LogP contribution in [-0.2, 0) is 11.4 Å². The van der Waals surface area contributed by atoms with E-state index in [4.69, 9.17) is 10.6 Å². The number of amides is 2. The van der Waals surface area contributed by atoms with Crippen LogP contribution < -0.4 is 10.6 Å². The van der Waals surface area contributed by atoms with Crippen molar-refractivity contribution in [3.8, 4) is 5.75 Å². The van der Waals surface area contributed by atoms with Gasteiger partial charge in [-0.05, 0) is 36.4 Å². The smallest absolute Gasteiger partial charge is 0.264 e. The number of carbonyl (C=O) groups is 2. The van der Waals surface area contributed by atoms with E-state index in [9.17, 15) is 9.59 Å². The van der Waals surface area contributed by atoms with Crippen molar-refractivity contribution < 1.29 is 14.3 Å². The number of benzene rings is 1. The summed E-state index contributed by atoms with van der Waals surface area (Å²) in [6.45, 7) is 6.24. The van der Waals surface area contributed by atoms with Gasteiger partial charge < -0.3 is 20.4 Å². The molecule has 4 rings (SSSR count). The molecule has 2 amide bonds. The molecule has 0 unspecified atom stereocenters. The number of piperazine rings is 1. The van der Waals surface area contributed by atoms with E-state index in [1.165, 1.54) is 27.8 Å². The Morgan fingerprint density at radius 3 is 2.42 bits per heavy atom. The number of aryl methyl sites for hydroxylation is 2. The SMILES string of the molecule is Cc1cccc(C)c1OCc1nnc(SCC(=O)N2CCN(C(=O)c3cccs3)CC2)n1N. The zero-order valence-electron chi connectivity index (χ0n) is 18.6. The lowest BCUT2D eigenvalue weighted by atomic mass is 10.1. The molecule has 0 aliphatic carbocycles. The van der Waals surface area contributed by atoms with Gasteiger partial charge >= 0.3 is 0 Å². The molecular weight excluding hydrogens is 460 g/mol. The highest BCUT2D eigenvalue weighted by Gasteiger charge is 2.25. The minimum Gasteiger partial charge on any atom is -0.485 e. The van der Waals surface area contributed by atoms with Gasteiger partial charge in [0.2, 0.25) is 11.1 Å². The van der Waals surface area contributed by atoms with Crippen LogP contribution in [0, 0.1) is 13.8 Å².